The summed E-state index contributed by atoms with van der Waals surface area (Å²) >= 11 is 0. The highest BCUT2D eigenvalue weighted by atomic mass is 15.4. The quantitative estimate of drug-likeness (QED) is 0.786. The topological polar surface area (TPSA) is 46.0 Å². The van der Waals surface area contributed by atoms with Gasteiger partial charge in [0.1, 0.15) is 0 Å². The van der Waals surface area contributed by atoms with Gasteiger partial charge in [0.2, 0.25) is 0 Å². The largest absolute Gasteiger partial charge is 0.312 e. The Morgan fingerprint density at radius 3 is 2.79 bits per heavy atom. The lowest BCUT2D eigenvalue weighted by atomic mass is 10.0. The third kappa shape index (κ3) is 5.12. The number of hydrogen-bond donors (Lipinski definition) is 1. The van der Waals surface area contributed by atoms with Crippen LogP contribution in [0.25, 0.3) is 0 Å². The van der Waals surface area contributed by atoms with E-state index < -0.39 is 0 Å². The van der Waals surface area contributed by atoms with Crippen molar-refractivity contribution in [2.45, 2.75) is 39.3 Å². The predicted octanol–water partition coefficient (Wildman–Crippen LogP) is 1.30. The van der Waals surface area contributed by atoms with Crippen LogP contribution in [-0.4, -0.2) is 52.1 Å². The Hall–Kier alpha value is -1.20. The Morgan fingerprint density at radius 1 is 1.37 bits per heavy atom. The van der Waals surface area contributed by atoms with Crippen molar-refractivity contribution >= 4 is 0 Å². The van der Waals surface area contributed by atoms with Crippen LogP contribution in [0.2, 0.25) is 0 Å². The Labute approximate surface area is 115 Å². The summed E-state index contributed by atoms with van der Waals surface area (Å²) < 4.78 is 1.87. The van der Waals surface area contributed by atoms with Gasteiger partial charge in [-0.05, 0) is 39.8 Å². The zero-order chi connectivity index (χ0) is 13.5. The molecule has 1 N–H and O–H groups in total. The molecular formula is C14H25N5. The molecule has 0 aromatic carbocycles. The minimum absolute atomic E-state index is 0.659. The lowest BCUT2D eigenvalue weighted by Gasteiger charge is -2.31. The number of rotatable bonds is 6. The smallest absolute Gasteiger partial charge is 0.0692 e. The first-order valence-electron chi connectivity index (χ1n) is 7.17. The molecule has 1 aliphatic rings. The van der Waals surface area contributed by atoms with Gasteiger partial charge in [-0.15, -0.1) is 5.10 Å². The average Bonchev–Trinajstić information content (AvgIpc) is 2.91. The van der Waals surface area contributed by atoms with E-state index >= 15 is 0 Å². The number of aromatic nitrogens is 3. The molecule has 2 rings (SSSR count). The third-order valence-electron chi connectivity index (χ3n) is 3.59. The molecule has 19 heavy (non-hydrogen) atoms. The van der Waals surface area contributed by atoms with Gasteiger partial charge in [0, 0.05) is 25.3 Å². The van der Waals surface area contributed by atoms with E-state index in [9.17, 15) is 0 Å². The molecule has 1 aromatic heterocycles. The number of likely N-dealkylation sites (tertiary alicyclic amines) is 1. The molecule has 1 aromatic rings. The summed E-state index contributed by atoms with van der Waals surface area (Å²) in [5.41, 5.74) is 1.41. The molecule has 5 nitrogen and oxygen atoms in total. The van der Waals surface area contributed by atoms with E-state index in [1.807, 2.05) is 10.9 Å². The molecular weight excluding hydrogens is 238 g/mol. The number of piperidine rings is 1. The normalized spacial score (nSPS) is 17.6. The van der Waals surface area contributed by atoms with E-state index in [0.29, 0.717) is 6.04 Å². The Balaban J connectivity index is 1.59. The fraction of sp³-hybridized carbons (Fsp3) is 0.714. The van der Waals surface area contributed by atoms with Crippen molar-refractivity contribution in [1.29, 1.82) is 0 Å². The number of nitrogens with zero attached hydrogens (tertiary/aromatic N) is 4. The minimum Gasteiger partial charge on any atom is -0.312 e. The monoisotopic (exact) mass is 263 g/mol. The molecule has 1 fully saturated rings. The molecule has 0 saturated carbocycles. The van der Waals surface area contributed by atoms with E-state index in [4.69, 9.17) is 0 Å². The maximum absolute atomic E-state index is 3.96. The summed E-state index contributed by atoms with van der Waals surface area (Å²) in [6.45, 7) is 9.71. The van der Waals surface area contributed by atoms with Gasteiger partial charge in [-0.2, -0.15) is 0 Å². The summed E-state index contributed by atoms with van der Waals surface area (Å²) in [7, 11) is 0. The van der Waals surface area contributed by atoms with Gasteiger partial charge in [0.05, 0.1) is 12.7 Å². The van der Waals surface area contributed by atoms with Crippen molar-refractivity contribution in [1.82, 2.24) is 25.2 Å². The van der Waals surface area contributed by atoms with Crippen LogP contribution >= 0.6 is 0 Å². The number of nitrogens with one attached hydrogen (secondary N) is 1. The first kappa shape index (κ1) is 14.2. The molecule has 1 aliphatic heterocycles. The molecule has 5 heteroatoms. The molecule has 0 spiro atoms. The Bertz CT molecular complexity index is 373. The molecule has 106 valence electrons. The molecule has 0 unspecified atom stereocenters. The highest BCUT2D eigenvalue weighted by Crippen LogP contribution is 2.10. The summed E-state index contributed by atoms with van der Waals surface area (Å²) in [6, 6.07) is 0.659. The highest BCUT2D eigenvalue weighted by Gasteiger charge is 2.17. The van der Waals surface area contributed by atoms with Crippen molar-refractivity contribution in [3.8, 4) is 0 Å². The Morgan fingerprint density at radius 2 is 2.16 bits per heavy atom. The van der Waals surface area contributed by atoms with Crippen molar-refractivity contribution in [2.24, 2.45) is 0 Å². The molecule has 1 saturated heterocycles. The fourth-order valence-corrected chi connectivity index (χ4v) is 2.37. The van der Waals surface area contributed by atoms with Crippen molar-refractivity contribution in [2.75, 3.05) is 26.2 Å². The second kappa shape index (κ2) is 7.40. The van der Waals surface area contributed by atoms with Crippen LogP contribution in [0.4, 0.5) is 0 Å². The average molecular weight is 263 g/mol. The second-order valence-corrected chi connectivity index (χ2v) is 5.48. The molecule has 0 bridgehead atoms. The van der Waals surface area contributed by atoms with Crippen molar-refractivity contribution in [3.63, 3.8) is 0 Å². The van der Waals surface area contributed by atoms with E-state index in [-0.39, 0.29) is 0 Å². The van der Waals surface area contributed by atoms with Gasteiger partial charge in [-0.3, -0.25) is 9.58 Å². The SMILES string of the molecule is CC(C)=CCN1CCC(NCCn2ccnn2)CC1. The van der Waals surface area contributed by atoms with E-state index in [0.717, 1.165) is 19.6 Å². The van der Waals surface area contributed by atoms with Crippen LogP contribution < -0.4 is 5.32 Å². The molecule has 2 heterocycles. The summed E-state index contributed by atoms with van der Waals surface area (Å²) in [5.74, 6) is 0. The molecule has 0 radical (unpaired) electrons. The van der Waals surface area contributed by atoms with Crippen LogP contribution in [0.1, 0.15) is 26.7 Å². The van der Waals surface area contributed by atoms with Crippen LogP contribution in [0, 0.1) is 0 Å². The standard InChI is InChI=1S/C14H25N5/c1-13(2)3-8-18-9-4-14(5-10-18)15-6-11-19-12-7-16-17-19/h3,7,12,14-15H,4-6,8-11H2,1-2H3. The van der Waals surface area contributed by atoms with Gasteiger partial charge >= 0.3 is 0 Å². The number of allylic oxidation sites excluding steroid dienone is 1. The molecule has 0 atom stereocenters. The molecule has 0 aliphatic carbocycles. The third-order valence-corrected chi connectivity index (χ3v) is 3.59. The maximum atomic E-state index is 3.96. The van der Waals surface area contributed by atoms with E-state index in [1.54, 1.807) is 6.20 Å². The summed E-state index contributed by atoms with van der Waals surface area (Å²) in [6.07, 6.45) is 8.44. The van der Waals surface area contributed by atoms with E-state index in [2.05, 4.69) is 40.5 Å². The molecule has 0 amide bonds. The van der Waals surface area contributed by atoms with Crippen LogP contribution in [-0.2, 0) is 6.54 Å². The van der Waals surface area contributed by atoms with Gasteiger partial charge in [-0.25, -0.2) is 0 Å². The van der Waals surface area contributed by atoms with Gasteiger partial charge in [0.25, 0.3) is 0 Å². The Kier molecular flexibility index (Phi) is 5.54. The first-order chi connectivity index (χ1) is 9.24. The number of hydrogen-bond acceptors (Lipinski definition) is 4. The van der Waals surface area contributed by atoms with Gasteiger partial charge < -0.3 is 5.32 Å². The van der Waals surface area contributed by atoms with Crippen molar-refractivity contribution < 1.29 is 0 Å². The van der Waals surface area contributed by atoms with Gasteiger partial charge in [0.15, 0.2) is 0 Å². The van der Waals surface area contributed by atoms with E-state index in [1.165, 1.54) is 31.5 Å². The lowest BCUT2D eigenvalue weighted by Crippen LogP contribution is -2.43. The lowest BCUT2D eigenvalue weighted by molar-refractivity contribution is 0.214. The zero-order valence-electron chi connectivity index (χ0n) is 12.0. The summed E-state index contributed by atoms with van der Waals surface area (Å²) in [4.78, 5) is 2.53. The minimum atomic E-state index is 0.659. The van der Waals surface area contributed by atoms with Crippen LogP contribution in [0.15, 0.2) is 24.0 Å². The zero-order valence-corrected chi connectivity index (χ0v) is 12.0. The summed E-state index contributed by atoms with van der Waals surface area (Å²) in [5, 5.41) is 11.4. The predicted molar refractivity (Wildman–Crippen MR) is 76.9 cm³/mol. The fourth-order valence-electron chi connectivity index (χ4n) is 2.37. The van der Waals surface area contributed by atoms with Crippen molar-refractivity contribution in [3.05, 3.63) is 24.0 Å². The highest BCUT2D eigenvalue weighted by molar-refractivity contribution is 4.95. The van der Waals surface area contributed by atoms with Gasteiger partial charge in [-0.1, -0.05) is 16.9 Å². The maximum Gasteiger partial charge on any atom is 0.0692 e. The van der Waals surface area contributed by atoms with Crippen LogP contribution in [0.3, 0.4) is 0 Å². The second-order valence-electron chi connectivity index (χ2n) is 5.48. The first-order valence-corrected chi connectivity index (χ1v) is 7.17. The van der Waals surface area contributed by atoms with Crippen LogP contribution in [0.5, 0.6) is 0 Å².